The van der Waals surface area contributed by atoms with Crippen molar-refractivity contribution in [3.8, 4) is 0 Å². The summed E-state index contributed by atoms with van der Waals surface area (Å²) in [6, 6.07) is 0. The van der Waals surface area contributed by atoms with E-state index in [0.29, 0.717) is 0 Å². The van der Waals surface area contributed by atoms with Gasteiger partial charge < -0.3 is 10.2 Å². The van der Waals surface area contributed by atoms with Crippen LogP contribution in [0.15, 0.2) is 23.7 Å². The lowest BCUT2D eigenvalue weighted by Crippen LogP contribution is -1.82. The van der Waals surface area contributed by atoms with Gasteiger partial charge in [0, 0.05) is 12.2 Å². The van der Waals surface area contributed by atoms with Crippen molar-refractivity contribution in [3.63, 3.8) is 0 Å². The average molecular weight is 237 g/mol. The Morgan fingerprint density at radius 2 is 1.00 bits per heavy atom. The van der Waals surface area contributed by atoms with Crippen LogP contribution in [-0.4, -0.2) is 21.8 Å². The molecule has 0 spiro atoms. The molecule has 5 heteroatoms. The van der Waals surface area contributed by atoms with Crippen molar-refractivity contribution in [3.05, 3.63) is 23.7 Å². The molecule has 0 atom stereocenters. The van der Waals surface area contributed by atoms with Crippen molar-refractivity contribution < 1.29 is 19.8 Å². The van der Waals surface area contributed by atoms with E-state index in [2.05, 4.69) is 0 Å². The van der Waals surface area contributed by atoms with Gasteiger partial charge in [0.2, 0.25) is 0 Å². The summed E-state index contributed by atoms with van der Waals surface area (Å²) in [4.78, 5) is 20.0. The summed E-state index contributed by atoms with van der Waals surface area (Å²) < 4.78 is 0. The van der Waals surface area contributed by atoms with Gasteiger partial charge in [-0.15, -0.1) is 12.4 Å². The van der Waals surface area contributed by atoms with E-state index in [1.165, 1.54) is 39.8 Å². The molecule has 0 aliphatic carbocycles. The minimum Gasteiger partial charge on any atom is -0.512 e. The molecule has 88 valence electrons. The van der Waals surface area contributed by atoms with Crippen molar-refractivity contribution in [2.45, 2.75) is 27.7 Å². The summed E-state index contributed by atoms with van der Waals surface area (Å²) in [7, 11) is 0. The van der Waals surface area contributed by atoms with Gasteiger partial charge in [0.15, 0.2) is 11.6 Å². The predicted octanol–water partition coefficient (Wildman–Crippen LogP) is 2.50. The molecule has 2 N–H and O–H groups in total. The number of allylic oxidation sites excluding steroid dienone is 4. The van der Waals surface area contributed by atoms with Gasteiger partial charge in [-0.1, -0.05) is 0 Å². The Labute approximate surface area is 95.7 Å². The Balaban J connectivity index is -0.000000180. The van der Waals surface area contributed by atoms with Gasteiger partial charge in [-0.2, -0.15) is 0 Å². The first-order valence-corrected chi connectivity index (χ1v) is 4.01. The number of carbonyl (C=O) groups excluding carboxylic acids is 2. The molecule has 0 amide bonds. The second kappa shape index (κ2) is 10.8. The maximum atomic E-state index is 10.0. The fourth-order valence-corrected chi connectivity index (χ4v) is 0.588. The number of aliphatic hydroxyl groups excluding tert-OH is 2. The van der Waals surface area contributed by atoms with Crippen LogP contribution in [0.4, 0.5) is 0 Å². The highest BCUT2D eigenvalue weighted by molar-refractivity contribution is 5.87. The number of rotatable bonds is 2. The van der Waals surface area contributed by atoms with E-state index in [1.807, 2.05) is 0 Å². The standard InChI is InChI=1S/2C5H8O2.ClH/c2*1-4(6)3-5(2)7;/h2*3,6H,1-2H3;1H/b2*4-3-;. The summed E-state index contributed by atoms with van der Waals surface area (Å²) in [6.45, 7) is 5.70. The lowest BCUT2D eigenvalue weighted by atomic mass is 10.4. The van der Waals surface area contributed by atoms with E-state index in [9.17, 15) is 9.59 Å². The molecule has 0 unspecified atom stereocenters. The van der Waals surface area contributed by atoms with E-state index in [4.69, 9.17) is 10.2 Å². The third-order valence-corrected chi connectivity index (χ3v) is 0.824. The van der Waals surface area contributed by atoms with Crippen LogP contribution < -0.4 is 0 Å². The molecular formula is C10H17ClO4. The maximum absolute atomic E-state index is 10.0. The Kier molecular flexibility index (Phi) is 13.9. The molecule has 0 radical (unpaired) electrons. The first-order valence-electron chi connectivity index (χ1n) is 4.01. The molecule has 0 heterocycles. The van der Waals surface area contributed by atoms with E-state index in [0.717, 1.165) is 0 Å². The van der Waals surface area contributed by atoms with E-state index < -0.39 is 0 Å². The fraction of sp³-hybridized carbons (Fsp3) is 0.400. The van der Waals surface area contributed by atoms with Gasteiger partial charge in [0.05, 0.1) is 11.5 Å². The monoisotopic (exact) mass is 236 g/mol. The average Bonchev–Trinajstić information content (AvgIpc) is 1.79. The maximum Gasteiger partial charge on any atom is 0.155 e. The van der Waals surface area contributed by atoms with Crippen LogP contribution in [0.5, 0.6) is 0 Å². The van der Waals surface area contributed by atoms with Crippen LogP contribution >= 0.6 is 12.4 Å². The van der Waals surface area contributed by atoms with Crippen LogP contribution in [0.1, 0.15) is 27.7 Å². The number of hydrogen-bond acceptors (Lipinski definition) is 4. The number of carbonyl (C=O) groups is 2. The van der Waals surface area contributed by atoms with Gasteiger partial charge >= 0.3 is 0 Å². The Bertz CT molecular complexity index is 231. The highest BCUT2D eigenvalue weighted by Crippen LogP contribution is 1.82. The van der Waals surface area contributed by atoms with Crippen molar-refractivity contribution in [2.24, 2.45) is 0 Å². The number of ketones is 2. The van der Waals surface area contributed by atoms with Gasteiger partial charge in [-0.3, -0.25) is 9.59 Å². The van der Waals surface area contributed by atoms with Crippen LogP contribution in [0.25, 0.3) is 0 Å². The summed E-state index contributed by atoms with van der Waals surface area (Å²) in [6.07, 6.45) is 2.33. The van der Waals surface area contributed by atoms with Gasteiger partial charge in [0.1, 0.15) is 0 Å². The topological polar surface area (TPSA) is 74.6 Å². The van der Waals surface area contributed by atoms with Crippen molar-refractivity contribution in [1.29, 1.82) is 0 Å². The van der Waals surface area contributed by atoms with Crippen molar-refractivity contribution in [2.75, 3.05) is 0 Å². The highest BCUT2D eigenvalue weighted by atomic mass is 35.5. The van der Waals surface area contributed by atoms with Gasteiger partial charge in [-0.05, 0) is 27.7 Å². The lowest BCUT2D eigenvalue weighted by Gasteiger charge is -1.80. The quantitative estimate of drug-likeness (QED) is 0.571. The number of halogens is 1. The number of hydrogen-bond donors (Lipinski definition) is 2. The van der Waals surface area contributed by atoms with E-state index in [1.54, 1.807) is 0 Å². The molecule has 0 aromatic rings. The zero-order valence-corrected chi connectivity index (χ0v) is 10.1. The normalized spacial score (nSPS) is 10.7. The zero-order valence-electron chi connectivity index (χ0n) is 9.27. The fourth-order valence-electron chi connectivity index (χ4n) is 0.588. The van der Waals surface area contributed by atoms with E-state index in [-0.39, 0.29) is 35.5 Å². The third kappa shape index (κ3) is 32.4. The molecule has 0 aliphatic rings. The molecule has 15 heavy (non-hydrogen) atoms. The zero-order chi connectivity index (χ0) is 11.7. The molecule has 0 aliphatic heterocycles. The minimum absolute atomic E-state index is 0. The first kappa shape index (κ1) is 19.3. The SMILES string of the molecule is CC(=O)/C=C(/C)O.CC(=O)/C=C(/C)O.Cl. The smallest absolute Gasteiger partial charge is 0.155 e. The van der Waals surface area contributed by atoms with Crippen molar-refractivity contribution >= 4 is 24.0 Å². The molecule has 0 aromatic carbocycles. The molecule has 0 saturated heterocycles. The minimum atomic E-state index is -0.125. The summed E-state index contributed by atoms with van der Waals surface area (Å²) in [5.74, 6) is -0.125. The van der Waals surface area contributed by atoms with Crippen molar-refractivity contribution in [1.82, 2.24) is 0 Å². The summed E-state index contributed by atoms with van der Waals surface area (Å²) in [5.41, 5.74) is 0. The molecule has 0 aromatic heterocycles. The van der Waals surface area contributed by atoms with Crippen LogP contribution in [0.3, 0.4) is 0 Å². The summed E-state index contributed by atoms with van der Waals surface area (Å²) >= 11 is 0. The molecule has 4 nitrogen and oxygen atoms in total. The van der Waals surface area contributed by atoms with Crippen LogP contribution in [0, 0.1) is 0 Å². The largest absolute Gasteiger partial charge is 0.512 e. The van der Waals surface area contributed by atoms with Gasteiger partial charge in [0.25, 0.3) is 0 Å². The Hall–Kier alpha value is -1.29. The molecule has 0 fully saturated rings. The first-order chi connectivity index (χ1) is 6.25. The molecule has 0 saturated carbocycles. The lowest BCUT2D eigenvalue weighted by molar-refractivity contribution is -0.113. The third-order valence-electron chi connectivity index (χ3n) is 0.824. The van der Waals surface area contributed by atoms with Crippen LogP contribution in [-0.2, 0) is 9.59 Å². The molecule has 0 rings (SSSR count). The molecule has 0 bridgehead atoms. The Morgan fingerprint density at radius 3 is 1.00 bits per heavy atom. The van der Waals surface area contributed by atoms with Crippen LogP contribution in [0.2, 0.25) is 0 Å². The Morgan fingerprint density at radius 1 is 0.800 bits per heavy atom. The summed E-state index contributed by atoms with van der Waals surface area (Å²) in [5, 5.41) is 16.7. The van der Waals surface area contributed by atoms with E-state index >= 15 is 0 Å². The second-order valence-electron chi connectivity index (χ2n) is 2.79. The second-order valence-corrected chi connectivity index (χ2v) is 2.79. The highest BCUT2D eigenvalue weighted by Gasteiger charge is 1.83. The number of aliphatic hydroxyl groups is 2. The van der Waals surface area contributed by atoms with Gasteiger partial charge in [-0.25, -0.2) is 0 Å². The predicted molar refractivity (Wildman–Crippen MR) is 61.4 cm³/mol. The molecular weight excluding hydrogens is 220 g/mol.